The lowest BCUT2D eigenvalue weighted by Crippen LogP contribution is -1.97. The molecule has 16 heavy (non-hydrogen) atoms. The fourth-order valence-corrected chi connectivity index (χ4v) is 2.13. The van der Waals surface area contributed by atoms with Gasteiger partial charge in [-0.3, -0.25) is 4.98 Å². The first kappa shape index (κ1) is 11.1. The van der Waals surface area contributed by atoms with Crippen LogP contribution in [0.25, 0.3) is 11.4 Å². The van der Waals surface area contributed by atoms with Crippen molar-refractivity contribution in [3.05, 3.63) is 24.5 Å². The molecular weight excluding hydrogens is 220 g/mol. The normalized spacial score (nSPS) is 11.0. The molecule has 2 aromatic heterocycles. The second kappa shape index (κ2) is 4.65. The first-order valence-corrected chi connectivity index (χ1v) is 6.03. The maximum absolute atomic E-state index is 4.19. The first-order chi connectivity index (χ1) is 7.68. The molecule has 0 saturated carbocycles. The first-order valence-electron chi connectivity index (χ1n) is 5.15. The van der Waals surface area contributed by atoms with Gasteiger partial charge in [-0.15, -0.1) is 10.2 Å². The molecule has 5 heteroatoms. The molecule has 2 rings (SSSR count). The lowest BCUT2D eigenvalue weighted by molar-refractivity contribution is 0.790. The Labute approximate surface area is 99.1 Å². The van der Waals surface area contributed by atoms with Gasteiger partial charge in [0.25, 0.3) is 0 Å². The summed E-state index contributed by atoms with van der Waals surface area (Å²) >= 11 is 1.71. The lowest BCUT2D eigenvalue weighted by atomic mass is 10.3. The van der Waals surface area contributed by atoms with Crippen LogP contribution >= 0.6 is 11.8 Å². The molecule has 2 aromatic rings. The minimum absolute atomic E-state index is 0.504. The standard InChI is InChI=1S/C11H14N4S/c1-8(2)16-11-14-13-10(15(11)3)9-5-4-6-12-7-9/h4-8H,1-3H3. The molecule has 0 aliphatic heterocycles. The maximum atomic E-state index is 4.19. The van der Waals surface area contributed by atoms with E-state index in [2.05, 4.69) is 29.0 Å². The Morgan fingerprint density at radius 1 is 1.31 bits per heavy atom. The molecule has 0 spiro atoms. The third kappa shape index (κ3) is 2.24. The van der Waals surface area contributed by atoms with Crippen LogP contribution in [0.1, 0.15) is 13.8 Å². The zero-order valence-electron chi connectivity index (χ0n) is 9.58. The SMILES string of the molecule is CC(C)Sc1nnc(-c2cccnc2)n1C. The molecule has 2 heterocycles. The van der Waals surface area contributed by atoms with E-state index in [9.17, 15) is 0 Å². The number of hydrogen-bond donors (Lipinski definition) is 0. The van der Waals surface area contributed by atoms with E-state index < -0.39 is 0 Å². The van der Waals surface area contributed by atoms with Crippen molar-refractivity contribution < 1.29 is 0 Å². The summed E-state index contributed by atoms with van der Waals surface area (Å²) in [5, 5.41) is 9.81. The monoisotopic (exact) mass is 234 g/mol. The fraction of sp³-hybridized carbons (Fsp3) is 0.364. The molecule has 0 amide bonds. The van der Waals surface area contributed by atoms with Crippen molar-refractivity contribution in [3.8, 4) is 11.4 Å². The topological polar surface area (TPSA) is 43.6 Å². The fourth-order valence-electron chi connectivity index (χ4n) is 1.37. The Morgan fingerprint density at radius 2 is 2.12 bits per heavy atom. The van der Waals surface area contributed by atoms with Gasteiger partial charge in [0.05, 0.1) is 0 Å². The molecule has 0 bridgehead atoms. The van der Waals surface area contributed by atoms with Crippen molar-refractivity contribution in [2.45, 2.75) is 24.3 Å². The van der Waals surface area contributed by atoms with Crippen molar-refractivity contribution in [2.24, 2.45) is 7.05 Å². The van der Waals surface area contributed by atoms with Crippen molar-refractivity contribution in [1.82, 2.24) is 19.7 Å². The van der Waals surface area contributed by atoms with Crippen LogP contribution in [0.15, 0.2) is 29.7 Å². The summed E-state index contributed by atoms with van der Waals surface area (Å²) in [4.78, 5) is 4.08. The van der Waals surface area contributed by atoms with Crippen molar-refractivity contribution in [1.29, 1.82) is 0 Å². The van der Waals surface area contributed by atoms with Gasteiger partial charge in [0.2, 0.25) is 0 Å². The number of nitrogens with zero attached hydrogens (tertiary/aromatic N) is 4. The molecule has 4 nitrogen and oxygen atoms in total. The molecular formula is C11H14N4S. The average Bonchev–Trinajstić information content (AvgIpc) is 2.61. The molecule has 0 radical (unpaired) electrons. The molecule has 0 atom stereocenters. The van der Waals surface area contributed by atoms with E-state index in [1.165, 1.54) is 0 Å². The summed E-state index contributed by atoms with van der Waals surface area (Å²) in [6.45, 7) is 4.28. The van der Waals surface area contributed by atoms with Crippen LogP contribution in [0.3, 0.4) is 0 Å². The van der Waals surface area contributed by atoms with Gasteiger partial charge < -0.3 is 4.57 Å². The minimum Gasteiger partial charge on any atom is -0.305 e. The minimum atomic E-state index is 0.504. The summed E-state index contributed by atoms with van der Waals surface area (Å²) < 4.78 is 2.00. The van der Waals surface area contributed by atoms with E-state index >= 15 is 0 Å². The number of rotatable bonds is 3. The molecule has 0 aliphatic carbocycles. The van der Waals surface area contributed by atoms with Crippen molar-refractivity contribution >= 4 is 11.8 Å². The number of thioether (sulfide) groups is 1. The number of pyridine rings is 1. The molecule has 0 N–H and O–H groups in total. The molecule has 0 aliphatic rings. The molecule has 0 aromatic carbocycles. The largest absolute Gasteiger partial charge is 0.305 e. The summed E-state index contributed by atoms with van der Waals surface area (Å²) in [6, 6.07) is 3.89. The van der Waals surface area contributed by atoms with Gasteiger partial charge in [-0.25, -0.2) is 0 Å². The van der Waals surface area contributed by atoms with Gasteiger partial charge in [-0.05, 0) is 12.1 Å². The van der Waals surface area contributed by atoms with Gasteiger partial charge in [-0.1, -0.05) is 25.6 Å². The van der Waals surface area contributed by atoms with Crippen LogP contribution < -0.4 is 0 Å². The third-order valence-corrected chi connectivity index (χ3v) is 3.13. The highest BCUT2D eigenvalue weighted by atomic mass is 32.2. The highest BCUT2D eigenvalue weighted by molar-refractivity contribution is 7.99. The zero-order valence-corrected chi connectivity index (χ0v) is 10.4. The predicted octanol–water partition coefficient (Wildman–Crippen LogP) is 2.38. The van der Waals surface area contributed by atoms with E-state index in [1.54, 1.807) is 24.2 Å². The van der Waals surface area contributed by atoms with Gasteiger partial charge in [-0.2, -0.15) is 0 Å². The van der Waals surface area contributed by atoms with Crippen molar-refractivity contribution in [2.75, 3.05) is 0 Å². The van der Waals surface area contributed by atoms with Crippen LogP contribution in [0.5, 0.6) is 0 Å². The highest BCUT2D eigenvalue weighted by Crippen LogP contribution is 2.24. The Bertz CT molecular complexity index is 464. The van der Waals surface area contributed by atoms with Crippen LogP contribution in [-0.2, 0) is 7.05 Å². The van der Waals surface area contributed by atoms with Crippen LogP contribution in [0.4, 0.5) is 0 Å². The van der Waals surface area contributed by atoms with Crippen molar-refractivity contribution in [3.63, 3.8) is 0 Å². The van der Waals surface area contributed by atoms with Gasteiger partial charge in [0.15, 0.2) is 11.0 Å². The van der Waals surface area contributed by atoms with Gasteiger partial charge in [0, 0.05) is 30.3 Å². The molecule has 0 saturated heterocycles. The highest BCUT2D eigenvalue weighted by Gasteiger charge is 2.11. The molecule has 0 fully saturated rings. The van der Waals surface area contributed by atoms with Crippen LogP contribution in [-0.4, -0.2) is 25.0 Å². The summed E-state index contributed by atoms with van der Waals surface area (Å²) in [5.41, 5.74) is 0.994. The molecule has 0 unspecified atom stereocenters. The smallest absolute Gasteiger partial charge is 0.191 e. The Balaban J connectivity index is 2.34. The second-order valence-corrected chi connectivity index (χ2v) is 5.32. The molecule has 84 valence electrons. The zero-order chi connectivity index (χ0) is 11.5. The summed E-state index contributed by atoms with van der Waals surface area (Å²) in [6.07, 6.45) is 3.55. The maximum Gasteiger partial charge on any atom is 0.191 e. The van der Waals surface area contributed by atoms with E-state index in [0.717, 1.165) is 16.5 Å². The van der Waals surface area contributed by atoms with E-state index in [4.69, 9.17) is 0 Å². The predicted molar refractivity (Wildman–Crippen MR) is 65.2 cm³/mol. The average molecular weight is 234 g/mol. The van der Waals surface area contributed by atoms with E-state index in [1.807, 2.05) is 23.7 Å². The Morgan fingerprint density at radius 3 is 2.75 bits per heavy atom. The number of aromatic nitrogens is 4. The summed E-state index contributed by atoms with van der Waals surface area (Å²) in [5.74, 6) is 0.858. The van der Waals surface area contributed by atoms with E-state index in [-0.39, 0.29) is 0 Å². The van der Waals surface area contributed by atoms with Crippen LogP contribution in [0, 0.1) is 0 Å². The van der Waals surface area contributed by atoms with E-state index in [0.29, 0.717) is 5.25 Å². The number of hydrogen-bond acceptors (Lipinski definition) is 4. The quantitative estimate of drug-likeness (QED) is 0.765. The lowest BCUT2D eigenvalue weighted by Gasteiger charge is -2.04. The summed E-state index contributed by atoms with van der Waals surface area (Å²) in [7, 11) is 1.98. The Hall–Kier alpha value is -1.36. The van der Waals surface area contributed by atoms with Gasteiger partial charge >= 0.3 is 0 Å². The third-order valence-electron chi connectivity index (χ3n) is 2.10. The second-order valence-electron chi connectivity index (χ2n) is 3.77. The van der Waals surface area contributed by atoms with Gasteiger partial charge in [0.1, 0.15) is 0 Å². The van der Waals surface area contributed by atoms with Crippen LogP contribution in [0.2, 0.25) is 0 Å². The Kier molecular flexibility index (Phi) is 3.24.